The van der Waals surface area contributed by atoms with Crippen molar-refractivity contribution < 1.29 is 23.8 Å². The SMILES string of the molecule is COC(=O)c1cccc(N=Cc2cn(Cc3ccc(C(=O)O)o3)c3ccccc23)c1C. The second-order valence-corrected chi connectivity index (χ2v) is 7.00. The second kappa shape index (κ2) is 8.31. The van der Waals surface area contributed by atoms with Crippen molar-refractivity contribution in [3.8, 4) is 0 Å². The van der Waals surface area contributed by atoms with Gasteiger partial charge in [0.25, 0.3) is 0 Å². The van der Waals surface area contributed by atoms with Gasteiger partial charge in [-0.25, -0.2) is 9.59 Å². The lowest BCUT2D eigenvalue weighted by Gasteiger charge is -2.06. The number of hydrogen-bond acceptors (Lipinski definition) is 5. The lowest BCUT2D eigenvalue weighted by molar-refractivity contribution is 0.0598. The van der Waals surface area contributed by atoms with Crippen molar-refractivity contribution in [1.82, 2.24) is 4.57 Å². The standard InChI is InChI=1S/C24H20N2O5/c1-15-18(24(29)30-2)7-5-8-20(15)25-12-16-13-26(21-9-4-3-6-19(16)21)14-17-10-11-22(31-17)23(27)28/h3-13H,14H2,1-2H3,(H,27,28). The average Bonchev–Trinajstić information content (AvgIpc) is 3.38. The quantitative estimate of drug-likeness (QED) is 0.359. The highest BCUT2D eigenvalue weighted by atomic mass is 16.5. The Hall–Kier alpha value is -4.13. The molecule has 0 saturated heterocycles. The number of aliphatic imine (C=N–C) groups is 1. The number of para-hydroxylation sites is 1. The van der Waals surface area contributed by atoms with Crippen LogP contribution in [0.4, 0.5) is 5.69 Å². The largest absolute Gasteiger partial charge is 0.475 e. The van der Waals surface area contributed by atoms with Gasteiger partial charge in [-0.15, -0.1) is 0 Å². The van der Waals surface area contributed by atoms with Crippen LogP contribution >= 0.6 is 0 Å². The minimum atomic E-state index is -1.10. The fourth-order valence-corrected chi connectivity index (χ4v) is 3.49. The summed E-state index contributed by atoms with van der Waals surface area (Å²) in [6.07, 6.45) is 3.70. The van der Waals surface area contributed by atoms with Gasteiger partial charge in [0.2, 0.25) is 5.76 Å². The number of aromatic nitrogens is 1. The van der Waals surface area contributed by atoms with E-state index in [9.17, 15) is 9.59 Å². The molecule has 0 bridgehead atoms. The van der Waals surface area contributed by atoms with Gasteiger partial charge in [0.05, 0.1) is 24.9 Å². The predicted molar refractivity (Wildman–Crippen MR) is 116 cm³/mol. The number of rotatable bonds is 6. The van der Waals surface area contributed by atoms with Crippen molar-refractivity contribution in [2.24, 2.45) is 4.99 Å². The number of furan rings is 1. The first-order valence-corrected chi connectivity index (χ1v) is 9.60. The lowest BCUT2D eigenvalue weighted by atomic mass is 10.1. The molecule has 2 aromatic carbocycles. The number of ether oxygens (including phenoxy) is 1. The van der Waals surface area contributed by atoms with E-state index in [1.165, 1.54) is 13.2 Å². The first-order valence-electron chi connectivity index (χ1n) is 9.60. The van der Waals surface area contributed by atoms with Crippen LogP contribution in [0.1, 0.15) is 37.8 Å². The van der Waals surface area contributed by atoms with Crippen molar-refractivity contribution >= 4 is 34.7 Å². The fraction of sp³-hybridized carbons (Fsp3) is 0.125. The number of carbonyl (C=O) groups excluding carboxylic acids is 1. The van der Waals surface area contributed by atoms with Gasteiger partial charge >= 0.3 is 11.9 Å². The van der Waals surface area contributed by atoms with Gasteiger partial charge in [-0.2, -0.15) is 0 Å². The molecule has 7 heteroatoms. The summed E-state index contributed by atoms with van der Waals surface area (Å²) >= 11 is 0. The molecule has 1 N–H and O–H groups in total. The van der Waals surface area contributed by atoms with E-state index in [2.05, 4.69) is 4.99 Å². The molecule has 0 unspecified atom stereocenters. The number of carboxylic acids is 1. The van der Waals surface area contributed by atoms with E-state index in [4.69, 9.17) is 14.3 Å². The molecule has 2 heterocycles. The Morgan fingerprint density at radius 2 is 1.94 bits per heavy atom. The zero-order chi connectivity index (χ0) is 22.0. The van der Waals surface area contributed by atoms with Crippen LogP contribution in [-0.4, -0.2) is 34.9 Å². The molecule has 31 heavy (non-hydrogen) atoms. The van der Waals surface area contributed by atoms with Crippen molar-refractivity contribution in [2.45, 2.75) is 13.5 Å². The number of benzene rings is 2. The molecular weight excluding hydrogens is 396 g/mol. The highest BCUT2D eigenvalue weighted by Crippen LogP contribution is 2.25. The first-order chi connectivity index (χ1) is 15.0. The van der Waals surface area contributed by atoms with Gasteiger partial charge in [-0.1, -0.05) is 24.3 Å². The van der Waals surface area contributed by atoms with Crippen molar-refractivity contribution in [3.05, 3.63) is 89.0 Å². The molecule has 0 radical (unpaired) electrons. The van der Waals surface area contributed by atoms with Gasteiger partial charge in [-0.05, 0) is 42.8 Å². The molecule has 7 nitrogen and oxygen atoms in total. The Labute approximate surface area is 178 Å². The van der Waals surface area contributed by atoms with E-state index in [0.29, 0.717) is 23.6 Å². The van der Waals surface area contributed by atoms with Crippen LogP contribution in [0, 0.1) is 6.92 Å². The minimum Gasteiger partial charge on any atom is -0.475 e. The van der Waals surface area contributed by atoms with Crippen LogP contribution in [0.25, 0.3) is 10.9 Å². The molecule has 4 aromatic rings. The Balaban J connectivity index is 1.69. The van der Waals surface area contributed by atoms with Gasteiger partial charge in [-0.3, -0.25) is 4.99 Å². The van der Waals surface area contributed by atoms with Crippen LogP contribution in [0.5, 0.6) is 0 Å². The molecule has 2 aromatic heterocycles. The summed E-state index contributed by atoms with van der Waals surface area (Å²) in [6, 6.07) is 16.3. The maximum atomic E-state index is 11.9. The highest BCUT2D eigenvalue weighted by Gasteiger charge is 2.13. The molecule has 4 rings (SSSR count). The normalized spacial score (nSPS) is 11.3. The van der Waals surface area contributed by atoms with Crippen molar-refractivity contribution in [2.75, 3.05) is 7.11 Å². The van der Waals surface area contributed by atoms with Crippen LogP contribution in [-0.2, 0) is 11.3 Å². The summed E-state index contributed by atoms with van der Waals surface area (Å²) in [4.78, 5) is 27.6. The van der Waals surface area contributed by atoms with Crippen molar-refractivity contribution in [1.29, 1.82) is 0 Å². The molecular formula is C24H20N2O5. The molecule has 0 spiro atoms. The topological polar surface area (TPSA) is 94.0 Å². The Bertz CT molecular complexity index is 1310. The third-order valence-corrected chi connectivity index (χ3v) is 5.07. The van der Waals surface area contributed by atoms with Gasteiger partial charge in [0.15, 0.2) is 0 Å². The predicted octanol–water partition coefficient (Wildman–Crippen LogP) is 4.83. The van der Waals surface area contributed by atoms with E-state index < -0.39 is 11.9 Å². The van der Waals surface area contributed by atoms with Crippen molar-refractivity contribution in [3.63, 3.8) is 0 Å². The molecule has 0 fully saturated rings. The Morgan fingerprint density at radius 3 is 2.68 bits per heavy atom. The van der Waals surface area contributed by atoms with E-state index in [1.54, 1.807) is 24.4 Å². The number of nitrogens with zero attached hydrogens (tertiary/aromatic N) is 2. The second-order valence-electron chi connectivity index (χ2n) is 7.00. The zero-order valence-corrected chi connectivity index (χ0v) is 17.0. The number of methoxy groups -OCH3 is 1. The number of carboxylic acid groups (broad SMARTS) is 1. The number of carbonyl (C=O) groups is 2. The smallest absolute Gasteiger partial charge is 0.371 e. The van der Waals surface area contributed by atoms with Crippen LogP contribution < -0.4 is 0 Å². The summed E-state index contributed by atoms with van der Waals surface area (Å²) in [7, 11) is 1.35. The molecule has 0 aliphatic carbocycles. The van der Waals surface area contributed by atoms with E-state index in [-0.39, 0.29) is 5.76 Å². The zero-order valence-electron chi connectivity index (χ0n) is 17.0. The summed E-state index contributed by atoms with van der Waals surface area (Å²) in [6.45, 7) is 2.22. The van der Waals surface area contributed by atoms with Crippen LogP contribution in [0.15, 0.2) is 70.2 Å². The number of fused-ring (bicyclic) bond motifs is 1. The minimum absolute atomic E-state index is 0.0887. The summed E-state index contributed by atoms with van der Waals surface area (Å²) in [5.41, 5.74) is 3.76. The van der Waals surface area contributed by atoms with Crippen LogP contribution in [0.2, 0.25) is 0 Å². The van der Waals surface area contributed by atoms with E-state index >= 15 is 0 Å². The number of aromatic carboxylic acids is 1. The monoisotopic (exact) mass is 416 g/mol. The van der Waals surface area contributed by atoms with E-state index in [0.717, 1.165) is 22.0 Å². The van der Waals surface area contributed by atoms with Gasteiger partial charge in [0, 0.05) is 28.9 Å². The third kappa shape index (κ3) is 3.98. The third-order valence-electron chi connectivity index (χ3n) is 5.07. The number of hydrogen-bond donors (Lipinski definition) is 1. The first kappa shape index (κ1) is 20.2. The molecule has 0 saturated carbocycles. The molecule has 0 aliphatic heterocycles. The fourth-order valence-electron chi connectivity index (χ4n) is 3.49. The Kier molecular flexibility index (Phi) is 5.41. The summed E-state index contributed by atoms with van der Waals surface area (Å²) in [5, 5.41) is 10.1. The lowest BCUT2D eigenvalue weighted by Crippen LogP contribution is -2.03. The molecule has 0 aliphatic rings. The maximum Gasteiger partial charge on any atom is 0.371 e. The summed E-state index contributed by atoms with van der Waals surface area (Å²) in [5.74, 6) is -1.04. The number of esters is 1. The van der Waals surface area contributed by atoms with Gasteiger partial charge < -0.3 is 18.8 Å². The summed E-state index contributed by atoms with van der Waals surface area (Å²) < 4.78 is 12.2. The maximum absolute atomic E-state index is 11.9. The van der Waals surface area contributed by atoms with E-state index in [1.807, 2.05) is 48.0 Å². The highest BCUT2D eigenvalue weighted by molar-refractivity contribution is 6.00. The molecule has 0 atom stereocenters. The average molecular weight is 416 g/mol. The molecule has 0 amide bonds. The Morgan fingerprint density at radius 1 is 1.13 bits per heavy atom. The molecule has 156 valence electrons. The van der Waals surface area contributed by atoms with Crippen LogP contribution in [0.3, 0.4) is 0 Å². The van der Waals surface area contributed by atoms with Gasteiger partial charge in [0.1, 0.15) is 5.76 Å².